The van der Waals surface area contributed by atoms with Crippen LogP contribution < -0.4 is 5.73 Å². The normalized spacial score (nSPS) is 10.6. The van der Waals surface area contributed by atoms with Gasteiger partial charge in [0.1, 0.15) is 6.61 Å². The number of nitrogens with two attached hydrogens (primary N) is 1. The van der Waals surface area contributed by atoms with E-state index in [4.69, 9.17) is 15.0 Å². The molecule has 84 valence electrons. The summed E-state index contributed by atoms with van der Waals surface area (Å²) in [7, 11) is 0. The highest BCUT2D eigenvalue weighted by molar-refractivity contribution is 5.52. The van der Waals surface area contributed by atoms with E-state index in [1.807, 2.05) is 12.1 Å². The predicted octanol–water partition coefficient (Wildman–Crippen LogP) is 0.607. The van der Waals surface area contributed by atoms with Gasteiger partial charge in [0.05, 0.1) is 6.61 Å². The molecule has 0 aromatic carbocycles. The van der Waals surface area contributed by atoms with Crippen molar-refractivity contribution in [3.05, 3.63) is 30.4 Å². The smallest absolute Gasteiger partial charge is 0.252 e. The molecule has 0 amide bonds. The van der Waals surface area contributed by atoms with E-state index in [1.54, 1.807) is 12.4 Å². The second kappa shape index (κ2) is 5.34. The number of rotatable bonds is 5. The van der Waals surface area contributed by atoms with E-state index in [-0.39, 0.29) is 6.61 Å². The standard InChI is InChI=1S/C10H12N4O2/c11-3-6-15-7-9-13-10(14-16-9)8-1-4-12-5-2-8/h1-2,4-5H,3,6-7,11H2. The summed E-state index contributed by atoms with van der Waals surface area (Å²) in [4.78, 5) is 8.09. The van der Waals surface area contributed by atoms with Crippen LogP contribution in [-0.4, -0.2) is 28.3 Å². The minimum Gasteiger partial charge on any atom is -0.370 e. The van der Waals surface area contributed by atoms with Crippen LogP contribution in [0.3, 0.4) is 0 Å². The second-order valence-corrected chi connectivity index (χ2v) is 3.09. The summed E-state index contributed by atoms with van der Waals surface area (Å²) in [5.41, 5.74) is 6.15. The molecule has 2 aromatic rings. The minimum atomic E-state index is 0.287. The second-order valence-electron chi connectivity index (χ2n) is 3.09. The number of hydrogen-bond acceptors (Lipinski definition) is 6. The first-order valence-corrected chi connectivity index (χ1v) is 4.91. The van der Waals surface area contributed by atoms with Gasteiger partial charge in [-0.2, -0.15) is 4.98 Å². The average molecular weight is 220 g/mol. The van der Waals surface area contributed by atoms with Crippen molar-refractivity contribution >= 4 is 0 Å². The highest BCUT2D eigenvalue weighted by Crippen LogP contribution is 2.13. The van der Waals surface area contributed by atoms with Crippen LogP contribution in [0, 0.1) is 0 Å². The molecule has 0 bridgehead atoms. The summed E-state index contributed by atoms with van der Waals surface area (Å²) in [6.07, 6.45) is 3.35. The van der Waals surface area contributed by atoms with Crippen LogP contribution in [-0.2, 0) is 11.3 Å². The summed E-state index contributed by atoms with van der Waals surface area (Å²) in [6, 6.07) is 3.63. The number of aromatic nitrogens is 3. The fraction of sp³-hybridized carbons (Fsp3) is 0.300. The SMILES string of the molecule is NCCOCc1nc(-c2ccncc2)no1. The fourth-order valence-electron chi connectivity index (χ4n) is 1.17. The molecule has 0 spiro atoms. The molecule has 0 saturated heterocycles. The van der Waals surface area contributed by atoms with Gasteiger partial charge in [0.2, 0.25) is 5.82 Å². The molecule has 0 fully saturated rings. The lowest BCUT2D eigenvalue weighted by atomic mass is 10.2. The van der Waals surface area contributed by atoms with Crippen molar-refractivity contribution in [2.45, 2.75) is 6.61 Å². The Balaban J connectivity index is 2.02. The molecule has 6 heteroatoms. The van der Waals surface area contributed by atoms with E-state index >= 15 is 0 Å². The molecule has 0 unspecified atom stereocenters. The van der Waals surface area contributed by atoms with E-state index in [9.17, 15) is 0 Å². The molecule has 2 N–H and O–H groups in total. The first-order chi connectivity index (χ1) is 7.90. The maximum Gasteiger partial charge on any atom is 0.252 e. The zero-order chi connectivity index (χ0) is 11.2. The lowest BCUT2D eigenvalue weighted by Crippen LogP contribution is -2.08. The van der Waals surface area contributed by atoms with Crippen LogP contribution in [0.25, 0.3) is 11.4 Å². The Morgan fingerprint density at radius 3 is 2.88 bits per heavy atom. The molecule has 2 rings (SSSR count). The Labute approximate surface area is 92.4 Å². The van der Waals surface area contributed by atoms with Gasteiger partial charge >= 0.3 is 0 Å². The van der Waals surface area contributed by atoms with Crippen LogP contribution in [0.5, 0.6) is 0 Å². The molecule has 0 saturated carbocycles. The van der Waals surface area contributed by atoms with Crippen molar-refractivity contribution < 1.29 is 9.26 Å². The Morgan fingerprint density at radius 1 is 1.31 bits per heavy atom. The number of ether oxygens (including phenoxy) is 1. The zero-order valence-corrected chi connectivity index (χ0v) is 8.67. The summed E-state index contributed by atoms with van der Waals surface area (Å²) in [6.45, 7) is 1.24. The van der Waals surface area contributed by atoms with Gasteiger partial charge in [-0.05, 0) is 12.1 Å². The van der Waals surface area contributed by atoms with Gasteiger partial charge in [-0.25, -0.2) is 0 Å². The summed E-state index contributed by atoms with van der Waals surface area (Å²) < 4.78 is 10.2. The third-order valence-electron chi connectivity index (χ3n) is 1.89. The van der Waals surface area contributed by atoms with E-state index in [2.05, 4.69) is 15.1 Å². The largest absolute Gasteiger partial charge is 0.370 e. The molecule has 6 nitrogen and oxygen atoms in total. The van der Waals surface area contributed by atoms with E-state index in [0.29, 0.717) is 24.9 Å². The molecule has 2 aromatic heterocycles. The van der Waals surface area contributed by atoms with Crippen LogP contribution in [0.4, 0.5) is 0 Å². The quantitative estimate of drug-likeness (QED) is 0.743. The maximum absolute atomic E-state index is 5.29. The summed E-state index contributed by atoms with van der Waals surface area (Å²) in [5, 5.41) is 3.84. The van der Waals surface area contributed by atoms with Crippen LogP contribution in [0.15, 0.2) is 29.0 Å². The van der Waals surface area contributed by atoms with Crippen LogP contribution in [0.2, 0.25) is 0 Å². The molecule has 16 heavy (non-hydrogen) atoms. The van der Waals surface area contributed by atoms with Gasteiger partial charge in [0.25, 0.3) is 5.89 Å². The minimum absolute atomic E-state index is 0.287. The van der Waals surface area contributed by atoms with Crippen molar-refractivity contribution in [3.63, 3.8) is 0 Å². The third-order valence-corrected chi connectivity index (χ3v) is 1.89. The van der Waals surface area contributed by atoms with Crippen molar-refractivity contribution in [3.8, 4) is 11.4 Å². The third kappa shape index (κ3) is 2.62. The average Bonchev–Trinajstić information content (AvgIpc) is 2.79. The van der Waals surface area contributed by atoms with Crippen LogP contribution >= 0.6 is 0 Å². The molecular formula is C10H12N4O2. The first kappa shape index (κ1) is 10.7. The van der Waals surface area contributed by atoms with Crippen molar-refractivity contribution in [2.24, 2.45) is 5.73 Å². The van der Waals surface area contributed by atoms with E-state index in [0.717, 1.165) is 5.56 Å². The highest BCUT2D eigenvalue weighted by atomic mass is 16.5. The van der Waals surface area contributed by atoms with E-state index < -0.39 is 0 Å². The number of hydrogen-bond donors (Lipinski definition) is 1. The van der Waals surface area contributed by atoms with Crippen LogP contribution in [0.1, 0.15) is 5.89 Å². The lowest BCUT2D eigenvalue weighted by Gasteiger charge is -1.95. The summed E-state index contributed by atoms with van der Waals surface area (Å²) >= 11 is 0. The highest BCUT2D eigenvalue weighted by Gasteiger charge is 2.07. The van der Waals surface area contributed by atoms with Crippen molar-refractivity contribution in [1.29, 1.82) is 0 Å². The fourth-order valence-corrected chi connectivity index (χ4v) is 1.17. The first-order valence-electron chi connectivity index (χ1n) is 4.91. The van der Waals surface area contributed by atoms with Crippen molar-refractivity contribution in [2.75, 3.05) is 13.2 Å². The zero-order valence-electron chi connectivity index (χ0n) is 8.67. The van der Waals surface area contributed by atoms with Crippen molar-refractivity contribution in [1.82, 2.24) is 15.1 Å². The summed E-state index contributed by atoms with van der Waals surface area (Å²) in [5.74, 6) is 0.981. The van der Waals surface area contributed by atoms with Gasteiger partial charge in [-0.1, -0.05) is 5.16 Å². The van der Waals surface area contributed by atoms with Gasteiger partial charge < -0.3 is 15.0 Å². The maximum atomic E-state index is 5.29. The monoisotopic (exact) mass is 220 g/mol. The molecule has 2 heterocycles. The topological polar surface area (TPSA) is 87.1 Å². The van der Waals surface area contributed by atoms with Gasteiger partial charge in [-0.15, -0.1) is 0 Å². The Bertz CT molecular complexity index is 429. The molecule has 0 atom stereocenters. The Hall–Kier alpha value is -1.79. The molecule has 0 radical (unpaired) electrons. The van der Waals surface area contributed by atoms with E-state index in [1.165, 1.54) is 0 Å². The lowest BCUT2D eigenvalue weighted by molar-refractivity contribution is 0.104. The Morgan fingerprint density at radius 2 is 2.12 bits per heavy atom. The predicted molar refractivity (Wildman–Crippen MR) is 56.2 cm³/mol. The molecular weight excluding hydrogens is 208 g/mol. The molecule has 0 aliphatic rings. The number of pyridine rings is 1. The number of nitrogens with zero attached hydrogens (tertiary/aromatic N) is 3. The Kier molecular flexibility index (Phi) is 3.58. The molecule has 0 aliphatic carbocycles. The molecule has 0 aliphatic heterocycles. The van der Waals surface area contributed by atoms with Gasteiger partial charge in [-0.3, -0.25) is 4.98 Å². The van der Waals surface area contributed by atoms with Gasteiger partial charge in [0, 0.05) is 24.5 Å². The van der Waals surface area contributed by atoms with Gasteiger partial charge in [0.15, 0.2) is 0 Å².